The molecule has 2 saturated heterocycles. The fourth-order valence-electron chi connectivity index (χ4n) is 1.88. The van der Waals surface area contributed by atoms with Crippen LogP contribution in [0, 0.1) is 0 Å². The first-order chi connectivity index (χ1) is 4.71. The van der Waals surface area contributed by atoms with Gasteiger partial charge in [0.05, 0.1) is 0 Å². The van der Waals surface area contributed by atoms with Crippen molar-refractivity contribution in [2.24, 2.45) is 0 Å². The average molecular weight is 144 g/mol. The summed E-state index contributed by atoms with van der Waals surface area (Å²) in [5, 5.41) is 0. The Balaban J connectivity index is 2.15. The summed E-state index contributed by atoms with van der Waals surface area (Å²) in [5.41, 5.74) is 0. The zero-order valence-electron chi connectivity index (χ0n) is 6.52. The van der Waals surface area contributed by atoms with E-state index in [1.54, 1.807) is 0 Å². The number of quaternary nitrogens is 1. The van der Waals surface area contributed by atoms with Crippen LogP contribution in [0.2, 0.25) is 0 Å². The van der Waals surface area contributed by atoms with Gasteiger partial charge in [-0.05, 0) is 6.92 Å². The van der Waals surface area contributed by atoms with E-state index in [9.17, 15) is 0 Å². The van der Waals surface area contributed by atoms with Crippen LogP contribution in [-0.2, 0) is 9.47 Å². The Bertz CT molecular complexity index is 151. The zero-order valence-corrected chi connectivity index (χ0v) is 6.52. The van der Waals surface area contributed by atoms with E-state index < -0.39 is 0 Å². The monoisotopic (exact) mass is 144 g/mol. The molecule has 0 radical (unpaired) electrons. The quantitative estimate of drug-likeness (QED) is 0.471. The van der Waals surface area contributed by atoms with E-state index in [1.807, 2.05) is 6.92 Å². The van der Waals surface area contributed by atoms with Gasteiger partial charge in [-0.15, -0.1) is 0 Å². The van der Waals surface area contributed by atoms with Crippen LogP contribution in [0.15, 0.2) is 0 Å². The molecule has 0 aromatic heterocycles. The molecule has 3 atom stereocenters. The highest BCUT2D eigenvalue weighted by molar-refractivity contribution is 4.64. The van der Waals surface area contributed by atoms with Crippen LogP contribution in [-0.4, -0.2) is 31.7 Å². The lowest BCUT2D eigenvalue weighted by molar-refractivity contribution is -0.955. The first kappa shape index (κ1) is 6.58. The predicted octanol–water partition coefficient (Wildman–Crippen LogP) is -1.01. The van der Waals surface area contributed by atoms with Crippen molar-refractivity contribution in [3.05, 3.63) is 0 Å². The van der Waals surface area contributed by atoms with Crippen molar-refractivity contribution in [2.45, 2.75) is 25.9 Å². The van der Waals surface area contributed by atoms with Gasteiger partial charge in [-0.2, -0.15) is 0 Å². The smallest absolute Gasteiger partial charge is 0.298 e. The molecule has 0 spiro atoms. The summed E-state index contributed by atoms with van der Waals surface area (Å²) in [6.45, 7) is 7.16. The van der Waals surface area contributed by atoms with Crippen LogP contribution >= 0.6 is 0 Å². The molecule has 0 aromatic carbocycles. The molecule has 2 aliphatic heterocycles. The third kappa shape index (κ3) is 0.779. The second-order valence-corrected chi connectivity index (χ2v) is 3.28. The van der Waals surface area contributed by atoms with E-state index in [2.05, 4.69) is 6.92 Å². The lowest BCUT2D eigenvalue weighted by atomic mass is 10.4. The van der Waals surface area contributed by atoms with E-state index in [-0.39, 0.29) is 5.91 Å². The molecule has 0 saturated carbocycles. The number of hydrogen-bond acceptors (Lipinski definition) is 2. The Hall–Kier alpha value is -0.120. The van der Waals surface area contributed by atoms with Crippen LogP contribution in [0.25, 0.3) is 0 Å². The number of rotatable bonds is 0. The fourth-order valence-corrected chi connectivity index (χ4v) is 1.88. The van der Waals surface area contributed by atoms with Gasteiger partial charge in [-0.25, -0.2) is 0 Å². The van der Waals surface area contributed by atoms with Crippen molar-refractivity contribution >= 4 is 0 Å². The second-order valence-electron chi connectivity index (χ2n) is 3.28. The molecule has 10 heavy (non-hydrogen) atoms. The molecule has 2 heterocycles. The molecule has 2 rings (SSSR count). The number of ether oxygens (including phenoxy) is 2. The summed E-state index contributed by atoms with van der Waals surface area (Å²) in [6, 6.07) is 0. The minimum atomic E-state index is -0.306. The lowest BCUT2D eigenvalue weighted by Crippen LogP contribution is -3.16. The Labute approximate surface area is 60.9 Å². The maximum atomic E-state index is 5.61. The highest BCUT2D eigenvalue weighted by Gasteiger charge is 2.50. The van der Waals surface area contributed by atoms with Crippen molar-refractivity contribution in [2.75, 3.05) is 19.7 Å². The van der Waals surface area contributed by atoms with E-state index >= 15 is 0 Å². The van der Waals surface area contributed by atoms with Gasteiger partial charge in [0, 0.05) is 6.92 Å². The second kappa shape index (κ2) is 1.94. The van der Waals surface area contributed by atoms with Gasteiger partial charge in [-0.3, -0.25) is 14.4 Å². The third-order valence-corrected chi connectivity index (χ3v) is 2.38. The minimum absolute atomic E-state index is 0.306. The van der Waals surface area contributed by atoms with Crippen LogP contribution in [0.3, 0.4) is 0 Å². The van der Waals surface area contributed by atoms with Gasteiger partial charge in [0.15, 0.2) is 0 Å². The summed E-state index contributed by atoms with van der Waals surface area (Å²) in [5.74, 6) is -0.306. The van der Waals surface area contributed by atoms with Crippen molar-refractivity contribution < 1.29 is 14.4 Å². The molecule has 2 aliphatic rings. The van der Waals surface area contributed by atoms with Gasteiger partial charge < -0.3 is 0 Å². The van der Waals surface area contributed by atoms with Gasteiger partial charge in [0.2, 0.25) is 0 Å². The molecule has 1 unspecified atom stereocenters. The van der Waals surface area contributed by atoms with Gasteiger partial charge >= 0.3 is 5.91 Å². The standard InChI is InChI=1S/C7H13NO2/c1-6-5-8-3-4-9-7(8,2)10-6/h6H,3-5H2,1-2H3/p+1/t6-,7-/m1/s1. The van der Waals surface area contributed by atoms with Gasteiger partial charge in [0.1, 0.15) is 25.8 Å². The Morgan fingerprint density at radius 3 is 3.10 bits per heavy atom. The third-order valence-electron chi connectivity index (χ3n) is 2.38. The topological polar surface area (TPSA) is 22.9 Å². The summed E-state index contributed by atoms with van der Waals surface area (Å²) in [6.07, 6.45) is 0.361. The SMILES string of the molecule is C[C@@H]1C[NH+]2CCO[C@]2(C)O1. The molecule has 3 heteroatoms. The molecule has 58 valence electrons. The maximum absolute atomic E-state index is 5.61. The van der Waals surface area contributed by atoms with Crippen LogP contribution < -0.4 is 4.90 Å². The summed E-state index contributed by atoms with van der Waals surface area (Å²) < 4.78 is 11.1. The average Bonchev–Trinajstić information content (AvgIpc) is 2.20. The van der Waals surface area contributed by atoms with Crippen LogP contribution in [0.1, 0.15) is 13.8 Å². The van der Waals surface area contributed by atoms with Crippen LogP contribution in [0.5, 0.6) is 0 Å². The van der Waals surface area contributed by atoms with Gasteiger partial charge in [0.25, 0.3) is 0 Å². The number of nitrogens with one attached hydrogen (secondary N) is 1. The van der Waals surface area contributed by atoms with Crippen molar-refractivity contribution in [1.82, 2.24) is 0 Å². The maximum Gasteiger partial charge on any atom is 0.315 e. The fraction of sp³-hybridized carbons (Fsp3) is 1.00. The molecular weight excluding hydrogens is 130 g/mol. The zero-order chi connectivity index (χ0) is 7.19. The number of fused-ring (bicyclic) bond motifs is 1. The summed E-state index contributed by atoms with van der Waals surface area (Å²) in [4.78, 5) is 1.44. The van der Waals surface area contributed by atoms with Gasteiger partial charge in [-0.1, -0.05) is 0 Å². The molecule has 0 aliphatic carbocycles. The predicted molar refractivity (Wildman–Crippen MR) is 35.6 cm³/mol. The van der Waals surface area contributed by atoms with Crippen molar-refractivity contribution in [3.8, 4) is 0 Å². The van der Waals surface area contributed by atoms with Crippen molar-refractivity contribution in [3.63, 3.8) is 0 Å². The first-order valence-corrected chi connectivity index (χ1v) is 3.88. The van der Waals surface area contributed by atoms with E-state index in [0.29, 0.717) is 6.10 Å². The Morgan fingerprint density at radius 2 is 2.40 bits per heavy atom. The molecule has 2 fully saturated rings. The summed E-state index contributed by atoms with van der Waals surface area (Å²) in [7, 11) is 0. The summed E-state index contributed by atoms with van der Waals surface area (Å²) >= 11 is 0. The van der Waals surface area contributed by atoms with E-state index in [4.69, 9.17) is 9.47 Å². The molecule has 1 N–H and O–H groups in total. The Kier molecular flexibility index (Phi) is 1.27. The molecular formula is C7H14NO2+. The molecule has 3 nitrogen and oxygen atoms in total. The van der Waals surface area contributed by atoms with Crippen molar-refractivity contribution in [1.29, 1.82) is 0 Å². The number of hydrogen-bond donors (Lipinski definition) is 1. The Morgan fingerprint density at radius 1 is 1.60 bits per heavy atom. The van der Waals surface area contributed by atoms with E-state index in [1.165, 1.54) is 4.90 Å². The van der Waals surface area contributed by atoms with Crippen LogP contribution in [0.4, 0.5) is 0 Å². The molecule has 0 aromatic rings. The normalized spacial score (nSPS) is 53.4. The molecule has 0 amide bonds. The molecule has 0 bridgehead atoms. The van der Waals surface area contributed by atoms with E-state index in [0.717, 1.165) is 19.7 Å². The minimum Gasteiger partial charge on any atom is -0.298 e. The highest BCUT2D eigenvalue weighted by Crippen LogP contribution is 2.15. The lowest BCUT2D eigenvalue weighted by Gasteiger charge is -2.19. The largest absolute Gasteiger partial charge is 0.315 e. The highest BCUT2D eigenvalue weighted by atomic mass is 16.7. The first-order valence-electron chi connectivity index (χ1n) is 3.88.